The maximum Gasteiger partial charge on any atom is 0.140 e. The van der Waals surface area contributed by atoms with E-state index in [9.17, 15) is 0 Å². The predicted octanol–water partition coefficient (Wildman–Crippen LogP) is 2.59. The average molecular weight is 223 g/mol. The van der Waals surface area contributed by atoms with E-state index in [2.05, 4.69) is 20.9 Å². The molecule has 0 atom stereocenters. The second kappa shape index (κ2) is 2.87. The first-order chi connectivity index (χ1) is 5.81. The molecule has 60 valence electrons. The van der Waals surface area contributed by atoms with Gasteiger partial charge in [-0.2, -0.15) is 5.26 Å². The van der Waals surface area contributed by atoms with Crippen LogP contribution in [0.15, 0.2) is 16.6 Å². The molecule has 0 saturated heterocycles. The van der Waals surface area contributed by atoms with Gasteiger partial charge in [-0.05, 0) is 40.9 Å². The van der Waals surface area contributed by atoms with E-state index in [0.717, 1.165) is 10.2 Å². The highest BCUT2D eigenvalue weighted by Gasteiger charge is 2.27. The molecule has 3 heteroatoms. The van der Waals surface area contributed by atoms with Gasteiger partial charge < -0.3 is 0 Å². The fourth-order valence-corrected chi connectivity index (χ4v) is 1.71. The standard InChI is InChI=1S/C9H7BrN2/c10-8-4-3-7(5-11)12-9(8)6-1-2-6/h3-4,6H,1-2H2. The van der Waals surface area contributed by atoms with E-state index in [1.54, 1.807) is 6.07 Å². The molecule has 0 N–H and O–H groups in total. The molecule has 1 aliphatic rings. The van der Waals surface area contributed by atoms with E-state index in [-0.39, 0.29) is 0 Å². The number of nitriles is 1. The van der Waals surface area contributed by atoms with Gasteiger partial charge in [-0.25, -0.2) is 4.98 Å². The van der Waals surface area contributed by atoms with Crippen LogP contribution in [-0.2, 0) is 0 Å². The van der Waals surface area contributed by atoms with Crippen LogP contribution in [0.1, 0.15) is 30.1 Å². The quantitative estimate of drug-likeness (QED) is 0.733. The molecule has 0 amide bonds. The van der Waals surface area contributed by atoms with E-state index in [0.29, 0.717) is 11.6 Å². The third-order valence-corrected chi connectivity index (χ3v) is 2.62. The van der Waals surface area contributed by atoms with Crippen molar-refractivity contribution < 1.29 is 0 Å². The Hall–Kier alpha value is -0.880. The maximum atomic E-state index is 8.63. The Labute approximate surface area is 79.4 Å². The third-order valence-electron chi connectivity index (χ3n) is 1.95. The fourth-order valence-electron chi connectivity index (χ4n) is 1.16. The summed E-state index contributed by atoms with van der Waals surface area (Å²) in [5.41, 5.74) is 1.56. The Morgan fingerprint density at radius 1 is 1.50 bits per heavy atom. The van der Waals surface area contributed by atoms with E-state index < -0.39 is 0 Å². The van der Waals surface area contributed by atoms with Crippen LogP contribution in [-0.4, -0.2) is 4.98 Å². The van der Waals surface area contributed by atoms with Crippen molar-refractivity contribution in [3.63, 3.8) is 0 Å². The number of pyridine rings is 1. The number of nitrogens with zero attached hydrogens (tertiary/aromatic N) is 2. The predicted molar refractivity (Wildman–Crippen MR) is 48.6 cm³/mol. The Morgan fingerprint density at radius 2 is 2.25 bits per heavy atom. The minimum atomic E-state index is 0.514. The largest absolute Gasteiger partial charge is 0.241 e. The molecule has 1 aliphatic carbocycles. The van der Waals surface area contributed by atoms with Gasteiger partial charge in [-0.1, -0.05) is 0 Å². The highest BCUT2D eigenvalue weighted by molar-refractivity contribution is 9.10. The van der Waals surface area contributed by atoms with Crippen LogP contribution in [0.25, 0.3) is 0 Å². The highest BCUT2D eigenvalue weighted by Crippen LogP contribution is 2.42. The van der Waals surface area contributed by atoms with Gasteiger partial charge in [-0.3, -0.25) is 0 Å². The molecule has 0 bridgehead atoms. The monoisotopic (exact) mass is 222 g/mol. The van der Waals surface area contributed by atoms with Gasteiger partial charge in [-0.15, -0.1) is 0 Å². The number of hydrogen-bond donors (Lipinski definition) is 0. The molecule has 1 fully saturated rings. The number of aromatic nitrogens is 1. The topological polar surface area (TPSA) is 36.7 Å². The van der Waals surface area contributed by atoms with Gasteiger partial charge in [0, 0.05) is 10.4 Å². The van der Waals surface area contributed by atoms with Crippen LogP contribution < -0.4 is 0 Å². The summed E-state index contributed by atoms with van der Waals surface area (Å²) in [5.74, 6) is 0.590. The summed E-state index contributed by atoms with van der Waals surface area (Å²) in [4.78, 5) is 4.24. The Bertz CT molecular complexity index is 350. The van der Waals surface area contributed by atoms with Gasteiger partial charge in [0.25, 0.3) is 0 Å². The zero-order valence-electron chi connectivity index (χ0n) is 6.42. The maximum absolute atomic E-state index is 8.63. The first-order valence-electron chi connectivity index (χ1n) is 3.88. The number of halogens is 1. The minimum Gasteiger partial charge on any atom is -0.241 e. The molecule has 1 aromatic rings. The van der Waals surface area contributed by atoms with E-state index in [1.807, 2.05) is 12.1 Å². The summed E-state index contributed by atoms with van der Waals surface area (Å²) in [5, 5.41) is 8.63. The first kappa shape index (κ1) is 7.75. The van der Waals surface area contributed by atoms with Crippen molar-refractivity contribution in [1.29, 1.82) is 5.26 Å². The first-order valence-corrected chi connectivity index (χ1v) is 4.67. The Kier molecular flexibility index (Phi) is 1.86. The Morgan fingerprint density at radius 3 is 2.83 bits per heavy atom. The SMILES string of the molecule is N#Cc1ccc(Br)c(C2CC2)n1. The molecule has 0 unspecified atom stereocenters. The summed E-state index contributed by atoms with van der Waals surface area (Å²) < 4.78 is 1.03. The molecule has 1 heterocycles. The van der Waals surface area contributed by atoms with Crippen molar-refractivity contribution in [2.24, 2.45) is 0 Å². The average Bonchev–Trinajstić information content (AvgIpc) is 2.88. The lowest BCUT2D eigenvalue weighted by atomic mass is 10.2. The van der Waals surface area contributed by atoms with Crippen molar-refractivity contribution in [1.82, 2.24) is 4.98 Å². The van der Waals surface area contributed by atoms with Crippen molar-refractivity contribution in [2.45, 2.75) is 18.8 Å². The summed E-state index contributed by atoms with van der Waals surface area (Å²) in [7, 11) is 0. The lowest BCUT2D eigenvalue weighted by molar-refractivity contribution is 0.998. The van der Waals surface area contributed by atoms with Crippen molar-refractivity contribution in [2.75, 3.05) is 0 Å². The van der Waals surface area contributed by atoms with Crippen molar-refractivity contribution in [3.8, 4) is 6.07 Å². The van der Waals surface area contributed by atoms with Crippen LogP contribution in [0.3, 0.4) is 0 Å². The lowest BCUT2D eigenvalue weighted by Gasteiger charge is -2.00. The van der Waals surface area contributed by atoms with Crippen LogP contribution in [0.2, 0.25) is 0 Å². The Balaban J connectivity index is 2.44. The zero-order chi connectivity index (χ0) is 8.55. The summed E-state index contributed by atoms with van der Waals surface area (Å²) >= 11 is 3.43. The zero-order valence-corrected chi connectivity index (χ0v) is 8.00. The smallest absolute Gasteiger partial charge is 0.140 e. The second-order valence-electron chi connectivity index (χ2n) is 2.95. The van der Waals surface area contributed by atoms with Crippen molar-refractivity contribution >= 4 is 15.9 Å². The molecule has 2 rings (SSSR count). The minimum absolute atomic E-state index is 0.514. The summed E-state index contributed by atoms with van der Waals surface area (Å²) in [6, 6.07) is 5.68. The number of rotatable bonds is 1. The molecule has 1 aromatic heterocycles. The van der Waals surface area contributed by atoms with Crippen molar-refractivity contribution in [3.05, 3.63) is 28.0 Å². The molecule has 0 radical (unpaired) electrons. The molecule has 2 nitrogen and oxygen atoms in total. The van der Waals surface area contributed by atoms with Crippen LogP contribution in [0, 0.1) is 11.3 Å². The van der Waals surface area contributed by atoms with Gasteiger partial charge in [0.15, 0.2) is 0 Å². The highest BCUT2D eigenvalue weighted by atomic mass is 79.9. The molecule has 0 aliphatic heterocycles. The van der Waals surface area contributed by atoms with E-state index >= 15 is 0 Å². The van der Waals surface area contributed by atoms with Gasteiger partial charge in [0.05, 0.1) is 5.69 Å². The molecule has 12 heavy (non-hydrogen) atoms. The summed E-state index contributed by atoms with van der Waals surface area (Å²) in [6.45, 7) is 0. The third kappa shape index (κ3) is 1.35. The lowest BCUT2D eigenvalue weighted by Crippen LogP contribution is -1.91. The van der Waals surface area contributed by atoms with Crippen LogP contribution in [0.5, 0.6) is 0 Å². The molecule has 1 saturated carbocycles. The summed E-state index contributed by atoms with van der Waals surface area (Å²) in [6.07, 6.45) is 2.42. The van der Waals surface area contributed by atoms with Gasteiger partial charge in [0.2, 0.25) is 0 Å². The van der Waals surface area contributed by atoms with E-state index in [1.165, 1.54) is 12.8 Å². The normalized spacial score (nSPS) is 15.7. The van der Waals surface area contributed by atoms with Crippen LogP contribution >= 0.6 is 15.9 Å². The molecular weight excluding hydrogens is 216 g/mol. The second-order valence-corrected chi connectivity index (χ2v) is 3.80. The molecular formula is C9H7BrN2. The number of hydrogen-bond acceptors (Lipinski definition) is 2. The van der Waals surface area contributed by atoms with Crippen LogP contribution in [0.4, 0.5) is 0 Å². The molecule has 0 spiro atoms. The van der Waals surface area contributed by atoms with Gasteiger partial charge >= 0.3 is 0 Å². The molecule has 0 aromatic carbocycles. The van der Waals surface area contributed by atoms with E-state index in [4.69, 9.17) is 5.26 Å². The fraction of sp³-hybridized carbons (Fsp3) is 0.333. The van der Waals surface area contributed by atoms with Gasteiger partial charge in [0.1, 0.15) is 11.8 Å².